The van der Waals surface area contributed by atoms with E-state index in [1.54, 1.807) is 0 Å². The van der Waals surface area contributed by atoms with Crippen molar-refractivity contribution >= 4 is 5.78 Å². The van der Waals surface area contributed by atoms with Gasteiger partial charge in [0.15, 0.2) is 5.78 Å². The minimum Gasteiger partial charge on any atom is -0.494 e. The van der Waals surface area contributed by atoms with Crippen LogP contribution >= 0.6 is 0 Å². The Labute approximate surface area is 116 Å². The first-order chi connectivity index (χ1) is 9.19. The maximum atomic E-state index is 12.2. The highest BCUT2D eigenvalue weighted by Crippen LogP contribution is 2.13. The third-order valence-electron chi connectivity index (χ3n) is 2.99. The van der Waals surface area contributed by atoms with Crippen LogP contribution in [0.15, 0.2) is 24.3 Å². The molecule has 0 saturated heterocycles. The summed E-state index contributed by atoms with van der Waals surface area (Å²) in [5.74, 6) is 0.961. The summed E-state index contributed by atoms with van der Waals surface area (Å²) < 4.78 is 5.50. The van der Waals surface area contributed by atoms with Crippen LogP contribution in [0.3, 0.4) is 0 Å². The van der Waals surface area contributed by atoms with E-state index in [1.807, 2.05) is 31.2 Å². The Morgan fingerprint density at radius 3 is 2.47 bits per heavy atom. The molecule has 0 aromatic heterocycles. The fourth-order valence-electron chi connectivity index (χ4n) is 1.77. The Balaban J connectivity index is 2.52. The van der Waals surface area contributed by atoms with Crippen LogP contribution in [0, 0.1) is 0 Å². The molecule has 0 amide bonds. The minimum atomic E-state index is -0.131. The van der Waals surface area contributed by atoms with Gasteiger partial charge in [-0.05, 0) is 50.6 Å². The Morgan fingerprint density at radius 2 is 1.89 bits per heavy atom. The summed E-state index contributed by atoms with van der Waals surface area (Å²) in [6, 6.07) is 7.27. The molecule has 19 heavy (non-hydrogen) atoms. The van der Waals surface area contributed by atoms with Gasteiger partial charge in [-0.25, -0.2) is 0 Å². The summed E-state index contributed by atoms with van der Waals surface area (Å²) in [5.41, 5.74) is 0.736. The summed E-state index contributed by atoms with van der Waals surface area (Å²) in [6.45, 7) is 7.73. The molecule has 1 aromatic rings. The highest BCUT2D eigenvalue weighted by Gasteiger charge is 2.14. The highest BCUT2D eigenvalue weighted by atomic mass is 16.5. The molecule has 0 heterocycles. The maximum absolute atomic E-state index is 12.2. The van der Waals surface area contributed by atoms with E-state index in [4.69, 9.17) is 4.74 Å². The van der Waals surface area contributed by atoms with E-state index < -0.39 is 0 Å². The number of benzene rings is 1. The van der Waals surface area contributed by atoms with Crippen LogP contribution in [-0.2, 0) is 0 Å². The van der Waals surface area contributed by atoms with Gasteiger partial charge in [-0.15, -0.1) is 0 Å². The molecule has 1 aromatic carbocycles. The van der Waals surface area contributed by atoms with Gasteiger partial charge in [-0.2, -0.15) is 0 Å². The van der Waals surface area contributed by atoms with Crippen molar-refractivity contribution in [3.8, 4) is 5.75 Å². The molecule has 1 unspecified atom stereocenters. The van der Waals surface area contributed by atoms with Crippen LogP contribution in [0.2, 0.25) is 0 Å². The number of ether oxygens (including phenoxy) is 1. The lowest BCUT2D eigenvalue weighted by Gasteiger charge is -2.13. The van der Waals surface area contributed by atoms with E-state index in [0.717, 1.165) is 37.1 Å². The molecule has 0 radical (unpaired) electrons. The molecule has 0 fully saturated rings. The smallest absolute Gasteiger partial charge is 0.179 e. The quantitative estimate of drug-likeness (QED) is 0.548. The summed E-state index contributed by atoms with van der Waals surface area (Å²) in [7, 11) is 0. The van der Waals surface area contributed by atoms with Gasteiger partial charge >= 0.3 is 0 Å². The second-order valence-electron chi connectivity index (χ2n) is 4.77. The molecule has 1 rings (SSSR count). The maximum Gasteiger partial charge on any atom is 0.179 e. The zero-order valence-corrected chi connectivity index (χ0v) is 12.2. The lowest BCUT2D eigenvalue weighted by Crippen LogP contribution is -2.34. The predicted octanol–water partition coefficient (Wildman–Crippen LogP) is 3.44. The molecular formula is C16H25NO2. The molecule has 0 aliphatic carbocycles. The van der Waals surface area contributed by atoms with E-state index in [0.29, 0.717) is 6.61 Å². The fourth-order valence-corrected chi connectivity index (χ4v) is 1.77. The SMILES string of the molecule is CCCCNC(C)C(=O)c1ccc(OCCC)cc1. The normalized spacial score (nSPS) is 12.2. The summed E-state index contributed by atoms with van der Waals surface area (Å²) >= 11 is 0. The molecule has 0 bridgehead atoms. The van der Waals surface area contributed by atoms with E-state index in [1.165, 1.54) is 0 Å². The topological polar surface area (TPSA) is 38.3 Å². The molecule has 0 aliphatic rings. The second-order valence-corrected chi connectivity index (χ2v) is 4.77. The molecule has 0 saturated carbocycles. The first-order valence-corrected chi connectivity index (χ1v) is 7.19. The van der Waals surface area contributed by atoms with Crippen LogP contribution in [-0.4, -0.2) is 25.0 Å². The summed E-state index contributed by atoms with van der Waals surface area (Å²) in [4.78, 5) is 12.2. The average molecular weight is 263 g/mol. The Morgan fingerprint density at radius 1 is 1.21 bits per heavy atom. The van der Waals surface area contributed by atoms with E-state index in [-0.39, 0.29) is 11.8 Å². The first kappa shape index (κ1) is 15.7. The van der Waals surface area contributed by atoms with Gasteiger partial charge in [0.25, 0.3) is 0 Å². The van der Waals surface area contributed by atoms with Crippen LogP contribution in [0.5, 0.6) is 5.75 Å². The standard InChI is InChI=1S/C16H25NO2/c1-4-6-11-17-13(3)16(18)14-7-9-15(10-8-14)19-12-5-2/h7-10,13,17H,4-6,11-12H2,1-3H3. The molecule has 1 N–H and O–H groups in total. The largest absolute Gasteiger partial charge is 0.494 e. The fraction of sp³-hybridized carbons (Fsp3) is 0.562. The van der Waals surface area contributed by atoms with Gasteiger partial charge in [-0.1, -0.05) is 20.3 Å². The molecule has 0 spiro atoms. The molecule has 1 atom stereocenters. The number of hydrogen-bond acceptors (Lipinski definition) is 3. The van der Waals surface area contributed by atoms with Crippen LogP contribution in [0.4, 0.5) is 0 Å². The van der Waals surface area contributed by atoms with Gasteiger partial charge in [0.1, 0.15) is 5.75 Å². The lowest BCUT2D eigenvalue weighted by atomic mass is 10.1. The van der Waals surface area contributed by atoms with Crippen molar-refractivity contribution in [3.63, 3.8) is 0 Å². The van der Waals surface area contributed by atoms with Gasteiger partial charge in [0.05, 0.1) is 12.6 Å². The van der Waals surface area contributed by atoms with Crippen LogP contribution in [0.1, 0.15) is 50.4 Å². The number of rotatable bonds is 9. The van der Waals surface area contributed by atoms with Gasteiger partial charge in [0, 0.05) is 5.56 Å². The highest BCUT2D eigenvalue weighted by molar-refractivity contribution is 5.99. The van der Waals surface area contributed by atoms with Crippen molar-refractivity contribution in [1.29, 1.82) is 0 Å². The zero-order valence-electron chi connectivity index (χ0n) is 12.2. The third-order valence-corrected chi connectivity index (χ3v) is 2.99. The van der Waals surface area contributed by atoms with E-state index >= 15 is 0 Å². The van der Waals surface area contributed by atoms with Crippen molar-refractivity contribution in [2.24, 2.45) is 0 Å². The van der Waals surface area contributed by atoms with Crippen LogP contribution < -0.4 is 10.1 Å². The molecular weight excluding hydrogens is 238 g/mol. The summed E-state index contributed by atoms with van der Waals surface area (Å²) in [6.07, 6.45) is 3.22. The predicted molar refractivity (Wildman–Crippen MR) is 78.9 cm³/mol. The third kappa shape index (κ3) is 5.43. The van der Waals surface area contributed by atoms with Crippen molar-refractivity contribution < 1.29 is 9.53 Å². The Kier molecular flexibility index (Phi) is 7.19. The van der Waals surface area contributed by atoms with Gasteiger partial charge in [0.2, 0.25) is 0 Å². The summed E-state index contributed by atoms with van der Waals surface area (Å²) in [5, 5.41) is 3.25. The molecule has 106 valence electrons. The van der Waals surface area contributed by atoms with E-state index in [9.17, 15) is 4.79 Å². The Hall–Kier alpha value is -1.35. The number of unbranched alkanes of at least 4 members (excludes halogenated alkanes) is 1. The van der Waals surface area contributed by atoms with Crippen LogP contribution in [0.25, 0.3) is 0 Å². The van der Waals surface area contributed by atoms with E-state index in [2.05, 4.69) is 19.2 Å². The number of Topliss-reactive ketones (excluding diaryl/α,β-unsaturated/α-hetero) is 1. The van der Waals surface area contributed by atoms with Gasteiger partial charge < -0.3 is 10.1 Å². The molecule has 3 nitrogen and oxygen atoms in total. The minimum absolute atomic E-state index is 0.131. The monoisotopic (exact) mass is 263 g/mol. The van der Waals surface area contributed by atoms with Crippen molar-refractivity contribution in [2.45, 2.75) is 46.1 Å². The zero-order chi connectivity index (χ0) is 14.1. The number of carbonyl (C=O) groups is 1. The van der Waals surface area contributed by atoms with Crippen molar-refractivity contribution in [2.75, 3.05) is 13.2 Å². The molecule has 0 aliphatic heterocycles. The lowest BCUT2D eigenvalue weighted by molar-refractivity contribution is 0.0951. The van der Waals surface area contributed by atoms with Crippen molar-refractivity contribution in [3.05, 3.63) is 29.8 Å². The number of carbonyl (C=O) groups excluding carboxylic acids is 1. The average Bonchev–Trinajstić information content (AvgIpc) is 2.45. The number of nitrogens with one attached hydrogen (secondary N) is 1. The second kappa shape index (κ2) is 8.70. The Bertz CT molecular complexity index is 373. The number of ketones is 1. The first-order valence-electron chi connectivity index (χ1n) is 7.19. The number of hydrogen-bond donors (Lipinski definition) is 1. The van der Waals surface area contributed by atoms with Gasteiger partial charge in [-0.3, -0.25) is 4.79 Å². The van der Waals surface area contributed by atoms with Crippen molar-refractivity contribution in [1.82, 2.24) is 5.32 Å². The molecule has 3 heteroatoms.